The fourth-order valence-corrected chi connectivity index (χ4v) is 4.97. The second kappa shape index (κ2) is 7.70. The van der Waals surface area contributed by atoms with Crippen LogP contribution in [0.2, 0.25) is 10.0 Å². The summed E-state index contributed by atoms with van der Waals surface area (Å²) in [5, 5.41) is 15.4. The van der Waals surface area contributed by atoms with Gasteiger partial charge in [0, 0.05) is 15.6 Å². The minimum Gasteiger partial charge on any atom is -0.509 e. The van der Waals surface area contributed by atoms with Crippen LogP contribution in [0.25, 0.3) is 16.7 Å². The monoisotopic (exact) mass is 429 g/mol. The fraction of sp³-hybridized carbons (Fsp3) is 0.375. The van der Waals surface area contributed by atoms with Gasteiger partial charge in [-0.3, -0.25) is 4.79 Å². The summed E-state index contributed by atoms with van der Waals surface area (Å²) in [5.41, 5.74) is 2.10. The van der Waals surface area contributed by atoms with Crippen LogP contribution in [0.5, 0.6) is 0 Å². The molecule has 29 heavy (non-hydrogen) atoms. The third-order valence-corrected chi connectivity index (χ3v) is 7.09. The van der Waals surface area contributed by atoms with E-state index in [1.165, 1.54) is 0 Å². The molecule has 5 heteroatoms. The Morgan fingerprint density at radius 1 is 1.03 bits per heavy atom. The Morgan fingerprint density at radius 2 is 1.66 bits per heavy atom. The van der Waals surface area contributed by atoms with Crippen LogP contribution in [0.15, 0.2) is 48.2 Å². The first kappa shape index (κ1) is 20.3. The van der Waals surface area contributed by atoms with E-state index in [0.29, 0.717) is 33.0 Å². The molecule has 1 fully saturated rings. The lowest BCUT2D eigenvalue weighted by Gasteiger charge is -2.38. The number of rotatable bonds is 3. The molecule has 3 nitrogen and oxygen atoms in total. The molecule has 152 valence electrons. The number of carbonyl (C=O) groups excluding carboxylic acids is 1. The molecule has 1 spiro atoms. The SMILES string of the molecule is CC(C)[C@H]1CC[C@]2(CC1)NC(=O)C(c1cc(-c3ccc(Cl)cc3)ccc1Cl)=C2O. The number of benzene rings is 2. The molecular formula is C24H25Cl2NO2. The fourth-order valence-electron chi connectivity index (χ4n) is 4.64. The van der Waals surface area contributed by atoms with Crippen molar-refractivity contribution in [3.05, 3.63) is 63.8 Å². The van der Waals surface area contributed by atoms with Gasteiger partial charge in [0.05, 0.1) is 11.1 Å². The van der Waals surface area contributed by atoms with E-state index in [1.54, 1.807) is 6.07 Å². The molecule has 0 saturated heterocycles. The molecule has 0 bridgehead atoms. The van der Waals surface area contributed by atoms with Gasteiger partial charge < -0.3 is 10.4 Å². The van der Waals surface area contributed by atoms with E-state index in [0.717, 1.165) is 36.8 Å². The van der Waals surface area contributed by atoms with Crippen LogP contribution in [0.1, 0.15) is 45.1 Å². The van der Waals surface area contributed by atoms with Crippen LogP contribution in [-0.4, -0.2) is 16.6 Å². The van der Waals surface area contributed by atoms with Crippen molar-refractivity contribution < 1.29 is 9.90 Å². The molecule has 1 amide bonds. The minimum atomic E-state index is -0.655. The average Bonchev–Trinajstić information content (AvgIpc) is 2.93. The largest absolute Gasteiger partial charge is 0.509 e. The highest BCUT2D eigenvalue weighted by Crippen LogP contribution is 2.45. The van der Waals surface area contributed by atoms with E-state index < -0.39 is 5.54 Å². The number of halogens is 2. The van der Waals surface area contributed by atoms with E-state index in [1.807, 2.05) is 36.4 Å². The van der Waals surface area contributed by atoms with Crippen LogP contribution in [-0.2, 0) is 4.79 Å². The van der Waals surface area contributed by atoms with E-state index in [-0.39, 0.29) is 11.7 Å². The van der Waals surface area contributed by atoms with Gasteiger partial charge in [0.15, 0.2) is 0 Å². The molecule has 1 aliphatic heterocycles. The van der Waals surface area contributed by atoms with Crippen molar-refractivity contribution in [2.24, 2.45) is 11.8 Å². The van der Waals surface area contributed by atoms with Crippen LogP contribution in [0.3, 0.4) is 0 Å². The second-order valence-corrected chi connectivity index (χ2v) is 9.39. The van der Waals surface area contributed by atoms with Crippen molar-refractivity contribution in [1.82, 2.24) is 5.32 Å². The molecule has 4 rings (SSSR count). The lowest BCUT2D eigenvalue weighted by molar-refractivity contribution is -0.116. The van der Waals surface area contributed by atoms with Gasteiger partial charge in [0.25, 0.3) is 5.91 Å². The molecule has 2 N–H and O–H groups in total. The van der Waals surface area contributed by atoms with Crippen LogP contribution in [0.4, 0.5) is 0 Å². The molecule has 0 radical (unpaired) electrons. The molecule has 2 aliphatic rings. The zero-order valence-electron chi connectivity index (χ0n) is 16.6. The minimum absolute atomic E-state index is 0.139. The van der Waals surface area contributed by atoms with Crippen molar-refractivity contribution in [3.8, 4) is 11.1 Å². The maximum absolute atomic E-state index is 12.9. The number of hydrogen-bond acceptors (Lipinski definition) is 2. The summed E-state index contributed by atoms with van der Waals surface area (Å²) in [6.07, 6.45) is 3.50. The Hall–Kier alpha value is -1.97. The Labute approximate surface area is 181 Å². The summed E-state index contributed by atoms with van der Waals surface area (Å²) < 4.78 is 0. The number of hydrogen-bond donors (Lipinski definition) is 2. The molecule has 2 aromatic rings. The van der Waals surface area contributed by atoms with Crippen molar-refractivity contribution in [1.29, 1.82) is 0 Å². The van der Waals surface area contributed by atoms with Gasteiger partial charge in [-0.05, 0) is 72.9 Å². The van der Waals surface area contributed by atoms with Crippen LogP contribution in [0, 0.1) is 11.8 Å². The quantitative estimate of drug-likeness (QED) is 0.573. The first-order valence-electron chi connectivity index (χ1n) is 10.1. The zero-order chi connectivity index (χ0) is 20.8. The van der Waals surface area contributed by atoms with Gasteiger partial charge in [0.2, 0.25) is 0 Å². The van der Waals surface area contributed by atoms with Crippen LogP contribution < -0.4 is 5.32 Å². The number of amides is 1. The number of carbonyl (C=O) groups is 1. The maximum Gasteiger partial charge on any atom is 0.256 e. The molecule has 0 aromatic heterocycles. The summed E-state index contributed by atoms with van der Waals surface area (Å²) in [4.78, 5) is 12.9. The van der Waals surface area contributed by atoms with Gasteiger partial charge in [-0.2, -0.15) is 0 Å². The highest BCUT2D eigenvalue weighted by molar-refractivity contribution is 6.36. The molecule has 1 saturated carbocycles. The Balaban J connectivity index is 1.72. The topological polar surface area (TPSA) is 49.3 Å². The van der Waals surface area contributed by atoms with Gasteiger partial charge >= 0.3 is 0 Å². The van der Waals surface area contributed by atoms with Crippen molar-refractivity contribution in [3.63, 3.8) is 0 Å². The summed E-state index contributed by atoms with van der Waals surface area (Å²) in [6, 6.07) is 13.0. The predicted molar refractivity (Wildman–Crippen MR) is 119 cm³/mol. The molecular weight excluding hydrogens is 405 g/mol. The number of nitrogens with one attached hydrogen (secondary N) is 1. The lowest BCUT2D eigenvalue weighted by atomic mass is 9.72. The van der Waals surface area contributed by atoms with E-state index >= 15 is 0 Å². The maximum atomic E-state index is 12.9. The smallest absolute Gasteiger partial charge is 0.256 e. The second-order valence-electron chi connectivity index (χ2n) is 8.54. The first-order chi connectivity index (χ1) is 13.8. The highest BCUT2D eigenvalue weighted by Gasteiger charge is 2.48. The summed E-state index contributed by atoms with van der Waals surface area (Å²) in [5.74, 6) is 1.13. The van der Waals surface area contributed by atoms with Crippen LogP contribution >= 0.6 is 23.2 Å². The van der Waals surface area contributed by atoms with Gasteiger partial charge in [-0.25, -0.2) is 0 Å². The Kier molecular flexibility index (Phi) is 5.39. The van der Waals surface area contributed by atoms with Gasteiger partial charge in [-0.15, -0.1) is 0 Å². The molecule has 1 heterocycles. The van der Waals surface area contributed by atoms with E-state index in [4.69, 9.17) is 23.2 Å². The summed E-state index contributed by atoms with van der Waals surface area (Å²) in [7, 11) is 0. The highest BCUT2D eigenvalue weighted by atomic mass is 35.5. The normalized spacial score (nSPS) is 24.4. The Bertz CT molecular complexity index is 971. The molecule has 2 aromatic carbocycles. The van der Waals surface area contributed by atoms with E-state index in [2.05, 4.69) is 19.2 Å². The molecule has 1 aliphatic carbocycles. The third-order valence-electron chi connectivity index (χ3n) is 6.51. The molecule has 0 unspecified atom stereocenters. The summed E-state index contributed by atoms with van der Waals surface area (Å²) in [6.45, 7) is 4.47. The van der Waals surface area contributed by atoms with Crippen molar-refractivity contribution in [2.45, 2.75) is 45.1 Å². The van der Waals surface area contributed by atoms with E-state index in [9.17, 15) is 9.90 Å². The van der Waals surface area contributed by atoms with Crippen molar-refractivity contribution in [2.75, 3.05) is 0 Å². The number of aliphatic hydroxyl groups excluding tert-OH is 1. The van der Waals surface area contributed by atoms with Crippen molar-refractivity contribution >= 4 is 34.7 Å². The molecule has 0 atom stereocenters. The Morgan fingerprint density at radius 3 is 2.28 bits per heavy atom. The standard InChI is InChI=1S/C24H25Cl2NO2/c1-14(2)15-9-11-24(12-10-15)22(28)21(23(29)27-24)19-13-17(5-8-20(19)26)16-3-6-18(25)7-4-16/h3-8,13-15,28H,9-12H2,1-2H3,(H,27,29)/t15-,24+. The van der Waals surface area contributed by atoms with Gasteiger partial charge in [-0.1, -0.05) is 55.2 Å². The van der Waals surface area contributed by atoms with Gasteiger partial charge in [0.1, 0.15) is 5.76 Å². The third kappa shape index (κ3) is 3.67. The number of aliphatic hydroxyl groups is 1. The predicted octanol–water partition coefficient (Wildman–Crippen LogP) is 6.64. The average molecular weight is 430 g/mol. The zero-order valence-corrected chi connectivity index (χ0v) is 18.1. The first-order valence-corrected chi connectivity index (χ1v) is 10.9. The lowest BCUT2D eigenvalue weighted by Crippen LogP contribution is -2.47. The summed E-state index contributed by atoms with van der Waals surface area (Å²) >= 11 is 12.5.